The molecule has 0 amide bonds. The van der Waals surface area contributed by atoms with Gasteiger partial charge in [-0.3, -0.25) is 23.4 Å². The van der Waals surface area contributed by atoms with Crippen molar-refractivity contribution in [1.29, 1.82) is 0 Å². The summed E-state index contributed by atoms with van der Waals surface area (Å²) in [7, 11) is -9.29. The summed E-state index contributed by atoms with van der Waals surface area (Å²) in [4.78, 5) is 51.4. The Balaban J connectivity index is 0.000000548. The van der Waals surface area contributed by atoms with Crippen LogP contribution in [-0.4, -0.2) is 109 Å². The summed E-state index contributed by atoms with van der Waals surface area (Å²) in [6, 6.07) is 0. The zero-order valence-corrected chi connectivity index (χ0v) is 27.5. The molecule has 0 saturated carbocycles. The smallest absolute Gasteiger partial charge is 0.478 e. The fourth-order valence-corrected chi connectivity index (χ4v) is 5.78. The summed E-state index contributed by atoms with van der Waals surface area (Å²) in [5.41, 5.74) is 5.08. The van der Waals surface area contributed by atoms with Crippen LogP contribution in [0.1, 0.15) is 47.8 Å². The number of aliphatic hydroxyl groups is 2. The fraction of sp³-hybridized carbons (Fsp3) is 0.783. The van der Waals surface area contributed by atoms with E-state index in [1.54, 1.807) is 0 Å². The van der Waals surface area contributed by atoms with Gasteiger partial charge in [-0.15, -0.1) is 0 Å². The number of nitrogens with two attached hydrogens (primary N) is 1. The zero-order valence-electron chi connectivity index (χ0n) is 25.7. The number of aromatic amines is 1. The molecule has 1 saturated heterocycles. The van der Waals surface area contributed by atoms with Gasteiger partial charge >= 0.3 is 13.5 Å². The van der Waals surface area contributed by atoms with Crippen molar-refractivity contribution in [2.75, 3.05) is 51.6 Å². The predicted molar refractivity (Wildman–Crippen MR) is 155 cm³/mol. The fourth-order valence-electron chi connectivity index (χ4n) is 4.22. The number of aromatic nitrogens is 4. The highest BCUT2D eigenvalue weighted by atomic mass is 31.3. The number of nitrogens with zero attached hydrogens (tertiary/aromatic N) is 5. The molecule has 0 radical (unpaired) electrons. The number of nitrogens with one attached hydrogen (secondary N) is 1. The van der Waals surface area contributed by atoms with E-state index in [1.807, 2.05) is 0 Å². The molecular weight excluding hydrogens is 612 g/mol. The molecule has 3 rings (SSSR count). The van der Waals surface area contributed by atoms with Crippen molar-refractivity contribution < 1.29 is 52.2 Å². The standard InChI is InChI=1S/C11H17N5O11P2.2C6H15N/c1-15-3-16(8-5(15)9(19)14-11(12)13-8)10-7(18)6(17)4(26-10)2-25-29(23,24)27-28(20,21)22;2*1-4-7(5-2)6-3/h3-4,6-7,10,17-18H,2H2,1H3,(H5-,12,13,14,19,20,21,22,23,24);2*4-6H2,1-3H3/t4-,6-,7-,10-;;/m1../s1. The van der Waals surface area contributed by atoms with Crippen molar-refractivity contribution in [3.8, 4) is 0 Å². The summed E-state index contributed by atoms with van der Waals surface area (Å²) in [6.45, 7) is 19.4. The molecule has 0 bridgehead atoms. The molecule has 18 nitrogen and oxygen atoms in total. The van der Waals surface area contributed by atoms with Gasteiger partial charge in [-0.25, -0.2) is 13.4 Å². The first kappa shape index (κ1) is 39.2. The Bertz CT molecular complexity index is 1260. The number of hydrogen-bond acceptors (Lipinski definition) is 13. The van der Waals surface area contributed by atoms with Gasteiger partial charge in [0.2, 0.25) is 11.7 Å². The van der Waals surface area contributed by atoms with Crippen molar-refractivity contribution >= 4 is 32.8 Å². The van der Waals surface area contributed by atoms with Gasteiger partial charge in [0.25, 0.3) is 19.3 Å². The Hall–Kier alpha value is -1.79. The normalized spacial score (nSPS) is 22.9. The van der Waals surface area contributed by atoms with Crippen LogP contribution in [0, 0.1) is 0 Å². The first-order valence-electron chi connectivity index (χ1n) is 13.9. The highest BCUT2D eigenvalue weighted by Crippen LogP contribution is 2.55. The van der Waals surface area contributed by atoms with Crippen LogP contribution in [0.15, 0.2) is 11.1 Å². The van der Waals surface area contributed by atoms with Crippen LogP contribution in [0.25, 0.3) is 11.2 Å². The molecule has 0 aliphatic carbocycles. The second-order valence-corrected chi connectivity index (χ2v) is 12.1. The highest BCUT2D eigenvalue weighted by Gasteiger charge is 2.48. The molecule has 250 valence electrons. The molecular formula is C23H47N7O11P2. The number of aliphatic hydroxyl groups excluding tert-OH is 2. The minimum atomic E-state index is -5.57. The van der Waals surface area contributed by atoms with E-state index in [-0.39, 0.29) is 17.1 Å². The average Bonchev–Trinajstić information content (AvgIpc) is 3.39. The number of fused-ring (bicyclic) bond motifs is 1. The van der Waals surface area contributed by atoms with Crippen molar-refractivity contribution in [3.63, 3.8) is 0 Å². The molecule has 0 spiro atoms. The average molecular weight is 660 g/mol. The maximum Gasteiger partial charge on any atom is 0.478 e. The summed E-state index contributed by atoms with van der Waals surface area (Å²) >= 11 is 0. The Morgan fingerprint density at radius 1 is 1.05 bits per heavy atom. The second-order valence-electron chi connectivity index (χ2n) is 9.36. The van der Waals surface area contributed by atoms with Crippen LogP contribution in [0.2, 0.25) is 0 Å². The first-order chi connectivity index (χ1) is 20.0. The Kier molecular flexibility index (Phi) is 16.1. The lowest BCUT2D eigenvalue weighted by atomic mass is 10.1. The molecule has 2 aromatic rings. The number of imidazole rings is 1. The minimum absolute atomic E-state index is 0.0234. The van der Waals surface area contributed by atoms with E-state index in [4.69, 9.17) is 15.4 Å². The third-order valence-electron chi connectivity index (χ3n) is 6.69. The number of phosphoric ester groups is 1. The Morgan fingerprint density at radius 2 is 1.53 bits per heavy atom. The van der Waals surface area contributed by atoms with E-state index < -0.39 is 52.4 Å². The van der Waals surface area contributed by atoms with Gasteiger partial charge < -0.3 is 45.2 Å². The van der Waals surface area contributed by atoms with Crippen molar-refractivity contribution in [1.82, 2.24) is 24.3 Å². The lowest BCUT2D eigenvalue weighted by molar-refractivity contribution is -0.745. The molecule has 1 aliphatic rings. The van der Waals surface area contributed by atoms with Gasteiger partial charge in [0.1, 0.15) is 18.3 Å². The van der Waals surface area contributed by atoms with Gasteiger partial charge in [-0.1, -0.05) is 46.5 Å². The van der Waals surface area contributed by atoms with Crippen LogP contribution in [0.4, 0.5) is 5.95 Å². The molecule has 7 N–H and O–H groups in total. The lowest BCUT2D eigenvalue weighted by Crippen LogP contribution is -2.46. The summed E-state index contributed by atoms with van der Waals surface area (Å²) < 4.78 is 38.0. The van der Waals surface area contributed by atoms with Crippen molar-refractivity contribution in [2.45, 2.75) is 66.1 Å². The highest BCUT2D eigenvalue weighted by molar-refractivity contribution is 7.60. The number of rotatable bonds is 12. The van der Waals surface area contributed by atoms with Crippen molar-refractivity contribution in [3.05, 3.63) is 16.7 Å². The van der Waals surface area contributed by atoms with Crippen LogP contribution in [0.3, 0.4) is 0 Å². The van der Waals surface area contributed by atoms with E-state index in [0.29, 0.717) is 0 Å². The molecule has 2 aromatic heterocycles. The number of aryl methyl sites for hydroxylation is 1. The quantitative estimate of drug-likeness (QED) is 0.119. The van der Waals surface area contributed by atoms with E-state index in [1.165, 1.54) is 61.8 Å². The number of H-pyrrole nitrogens is 1. The largest absolute Gasteiger partial charge is 0.756 e. The van der Waals surface area contributed by atoms with E-state index in [9.17, 15) is 33.9 Å². The van der Waals surface area contributed by atoms with E-state index >= 15 is 0 Å². The molecule has 3 heterocycles. The second kappa shape index (κ2) is 17.6. The lowest BCUT2D eigenvalue weighted by Gasteiger charge is -2.21. The third kappa shape index (κ3) is 11.9. The molecule has 20 heteroatoms. The number of phosphoric acid groups is 2. The molecule has 0 aromatic carbocycles. The van der Waals surface area contributed by atoms with Gasteiger partial charge in [0, 0.05) is 0 Å². The van der Waals surface area contributed by atoms with E-state index in [0.717, 1.165) is 0 Å². The SMILES string of the molecule is CCN(CC)CC.CCN(CC)CC.Cn1c[n+]([C@@H]2O[C@H](COP(=O)(O)OP(=O)([O-])O)[C@@H](O)[C@H]2O)c2nc(N)[nH]c(=O)c21. The zero-order chi connectivity index (χ0) is 33.1. The first-order valence-corrected chi connectivity index (χ1v) is 16.9. The molecule has 1 aliphatic heterocycles. The molecule has 1 fully saturated rings. The van der Waals surface area contributed by atoms with Crippen LogP contribution in [0.5, 0.6) is 0 Å². The third-order valence-corrected chi connectivity index (χ3v) is 8.82. The Labute approximate surface area is 250 Å². The predicted octanol–water partition coefficient (Wildman–Crippen LogP) is -0.959. The van der Waals surface area contributed by atoms with E-state index in [2.05, 4.69) is 70.1 Å². The minimum Gasteiger partial charge on any atom is -0.756 e. The number of hydrogen-bond donors (Lipinski definition) is 6. The van der Waals surface area contributed by atoms with Gasteiger partial charge in [-0.2, -0.15) is 0 Å². The number of anilines is 1. The topological polar surface area (TPSA) is 253 Å². The number of ether oxygens (including phenoxy) is 1. The van der Waals surface area contributed by atoms with Gasteiger partial charge in [-0.05, 0) is 39.3 Å². The monoisotopic (exact) mass is 659 g/mol. The summed E-state index contributed by atoms with van der Waals surface area (Å²) in [6.07, 6.45) is -4.61. The van der Waals surface area contributed by atoms with Gasteiger partial charge in [0.15, 0.2) is 6.33 Å². The number of nitrogen functional groups attached to an aromatic ring is 1. The molecule has 6 atom stereocenters. The van der Waals surface area contributed by atoms with Gasteiger partial charge in [0.05, 0.1) is 13.7 Å². The maximum atomic E-state index is 12.1. The summed E-state index contributed by atoms with van der Waals surface area (Å²) in [5, 5.41) is 20.4. The maximum absolute atomic E-state index is 12.1. The summed E-state index contributed by atoms with van der Waals surface area (Å²) in [5.74, 6) is -0.209. The van der Waals surface area contributed by atoms with Crippen LogP contribution < -0.4 is 20.8 Å². The molecule has 2 unspecified atom stereocenters. The Morgan fingerprint density at radius 3 is 1.95 bits per heavy atom. The van der Waals surface area contributed by atoms with Crippen LogP contribution >= 0.6 is 15.6 Å². The molecule has 43 heavy (non-hydrogen) atoms. The van der Waals surface area contributed by atoms with Crippen molar-refractivity contribution in [2.24, 2.45) is 7.05 Å². The van der Waals surface area contributed by atoms with Crippen LogP contribution in [-0.2, 0) is 29.7 Å².